The Kier molecular flexibility index (Phi) is 9.12. The molecule has 0 atom stereocenters. The lowest BCUT2D eigenvalue weighted by Crippen LogP contribution is -2.61. The normalized spacial score (nSPS) is 12.6. The summed E-state index contributed by atoms with van der Waals surface area (Å²) in [5.41, 5.74) is 18.3. The monoisotopic (exact) mass is 916 g/mol. The summed E-state index contributed by atoms with van der Waals surface area (Å²) in [7, 11) is 0. The first-order valence-electron chi connectivity index (χ1n) is 24.8. The van der Waals surface area contributed by atoms with Crippen molar-refractivity contribution < 1.29 is 9.47 Å². The van der Waals surface area contributed by atoms with Crippen LogP contribution in [0.4, 0.5) is 0 Å². The number of para-hydroxylation sites is 4. The van der Waals surface area contributed by atoms with Gasteiger partial charge in [-0.05, 0) is 93.2 Å². The van der Waals surface area contributed by atoms with E-state index < -0.39 is 0 Å². The van der Waals surface area contributed by atoms with Gasteiger partial charge in [-0.15, -0.1) is 0 Å². The molecule has 0 radical (unpaired) electrons. The van der Waals surface area contributed by atoms with Crippen LogP contribution in [0, 0.1) is 0 Å². The largest absolute Gasteiger partial charge is 0.459 e. The molecular formula is C66H42B2N2O2. The van der Waals surface area contributed by atoms with Crippen LogP contribution in [-0.4, -0.2) is 22.6 Å². The summed E-state index contributed by atoms with van der Waals surface area (Å²) in [6.07, 6.45) is 0. The van der Waals surface area contributed by atoms with Crippen LogP contribution in [0.3, 0.4) is 0 Å². The highest BCUT2D eigenvalue weighted by molar-refractivity contribution is 7.01. The van der Waals surface area contributed by atoms with Crippen LogP contribution in [-0.2, 0) is 0 Å². The molecule has 334 valence electrons. The van der Waals surface area contributed by atoms with Gasteiger partial charge < -0.3 is 18.6 Å². The number of ether oxygens (including phenoxy) is 2. The smallest absolute Gasteiger partial charge is 0.256 e. The maximum atomic E-state index is 7.60. The lowest BCUT2D eigenvalue weighted by Gasteiger charge is -2.35. The van der Waals surface area contributed by atoms with Crippen molar-refractivity contribution in [3.05, 3.63) is 255 Å². The maximum absolute atomic E-state index is 7.60. The minimum atomic E-state index is -0.188. The zero-order valence-electron chi connectivity index (χ0n) is 39.1. The van der Waals surface area contributed by atoms with E-state index in [4.69, 9.17) is 9.47 Å². The van der Waals surface area contributed by atoms with Crippen LogP contribution in [0.1, 0.15) is 0 Å². The van der Waals surface area contributed by atoms with Gasteiger partial charge in [-0.25, -0.2) is 0 Å². The van der Waals surface area contributed by atoms with E-state index in [1.807, 2.05) is 0 Å². The predicted molar refractivity (Wildman–Crippen MR) is 301 cm³/mol. The number of rotatable bonds is 6. The number of hydrogen-bond donors (Lipinski definition) is 0. The molecule has 0 amide bonds. The van der Waals surface area contributed by atoms with Crippen molar-refractivity contribution in [1.29, 1.82) is 0 Å². The van der Waals surface area contributed by atoms with E-state index in [1.54, 1.807) is 0 Å². The van der Waals surface area contributed by atoms with Crippen LogP contribution >= 0.6 is 0 Å². The SMILES string of the molecule is c1ccc(-c2ccccc2B2c3ccc(-n4c5ccccc5c5cc(-n6c7ccccc7c7ccccc76)ccc54)cc3Oc3c2ccc2c3B(c3ccccc3-c3ccccc3)c3ccccc3O2)cc1. The number of benzene rings is 11. The summed E-state index contributed by atoms with van der Waals surface area (Å²) >= 11 is 0. The van der Waals surface area contributed by atoms with E-state index >= 15 is 0 Å². The summed E-state index contributed by atoms with van der Waals surface area (Å²) in [5, 5.41) is 4.88. The van der Waals surface area contributed by atoms with Crippen molar-refractivity contribution in [1.82, 2.24) is 9.13 Å². The highest BCUT2D eigenvalue weighted by atomic mass is 16.5. The topological polar surface area (TPSA) is 28.3 Å². The molecule has 2 aliphatic rings. The van der Waals surface area contributed by atoms with Crippen LogP contribution in [0.5, 0.6) is 23.0 Å². The molecule has 2 aromatic heterocycles. The van der Waals surface area contributed by atoms with Crippen molar-refractivity contribution in [2.24, 2.45) is 0 Å². The van der Waals surface area contributed by atoms with Crippen molar-refractivity contribution in [3.63, 3.8) is 0 Å². The summed E-state index contributed by atoms with van der Waals surface area (Å²) in [4.78, 5) is 0. The van der Waals surface area contributed by atoms with E-state index in [0.717, 1.165) is 67.3 Å². The van der Waals surface area contributed by atoms with E-state index in [-0.39, 0.29) is 13.4 Å². The number of nitrogens with zero attached hydrogens (tertiary/aromatic N) is 2. The van der Waals surface area contributed by atoms with Crippen LogP contribution < -0.4 is 42.3 Å². The molecule has 15 rings (SSSR count). The zero-order valence-corrected chi connectivity index (χ0v) is 39.1. The van der Waals surface area contributed by atoms with Crippen LogP contribution in [0.15, 0.2) is 255 Å². The highest BCUT2D eigenvalue weighted by Crippen LogP contribution is 2.39. The molecule has 0 unspecified atom stereocenters. The van der Waals surface area contributed by atoms with Gasteiger partial charge in [0.15, 0.2) is 0 Å². The number of fused-ring (bicyclic) bond motifs is 11. The first kappa shape index (κ1) is 40.6. The molecule has 0 aliphatic carbocycles. The molecule has 72 heavy (non-hydrogen) atoms. The van der Waals surface area contributed by atoms with Crippen molar-refractivity contribution >= 4 is 89.8 Å². The third kappa shape index (κ3) is 6.15. The molecule has 6 heteroatoms. The second-order valence-electron chi connectivity index (χ2n) is 19.1. The Morgan fingerprint density at radius 2 is 0.736 bits per heavy atom. The Morgan fingerprint density at radius 3 is 1.38 bits per heavy atom. The summed E-state index contributed by atoms with van der Waals surface area (Å²) in [6, 6.07) is 92.2. The second-order valence-corrected chi connectivity index (χ2v) is 19.1. The molecule has 13 aromatic rings. The van der Waals surface area contributed by atoms with Gasteiger partial charge in [0.05, 0.1) is 22.1 Å². The lowest BCUT2D eigenvalue weighted by atomic mass is 9.31. The van der Waals surface area contributed by atoms with Gasteiger partial charge in [0, 0.05) is 44.4 Å². The van der Waals surface area contributed by atoms with Gasteiger partial charge in [-0.3, -0.25) is 0 Å². The molecular weight excluding hydrogens is 874 g/mol. The van der Waals surface area contributed by atoms with E-state index in [9.17, 15) is 0 Å². The molecule has 4 nitrogen and oxygen atoms in total. The Hall–Kier alpha value is -9.25. The minimum absolute atomic E-state index is 0.159. The van der Waals surface area contributed by atoms with E-state index in [1.165, 1.54) is 65.8 Å². The van der Waals surface area contributed by atoms with Crippen molar-refractivity contribution in [2.45, 2.75) is 0 Å². The fraction of sp³-hybridized carbons (Fsp3) is 0. The average Bonchev–Trinajstić information content (AvgIpc) is 3.97. The fourth-order valence-corrected chi connectivity index (χ4v) is 12.1. The average molecular weight is 917 g/mol. The molecule has 0 saturated heterocycles. The quantitative estimate of drug-likeness (QED) is 0.156. The lowest BCUT2D eigenvalue weighted by molar-refractivity contribution is 0.469. The van der Waals surface area contributed by atoms with Gasteiger partial charge in [0.1, 0.15) is 23.0 Å². The fourth-order valence-electron chi connectivity index (χ4n) is 12.1. The molecule has 0 saturated carbocycles. The highest BCUT2D eigenvalue weighted by Gasteiger charge is 2.42. The first-order valence-corrected chi connectivity index (χ1v) is 24.8. The molecule has 0 bridgehead atoms. The molecule has 4 heterocycles. The molecule has 0 N–H and O–H groups in total. The van der Waals surface area contributed by atoms with Gasteiger partial charge in [0.25, 0.3) is 13.4 Å². The summed E-state index contributed by atoms with van der Waals surface area (Å²) in [5.74, 6) is 3.32. The van der Waals surface area contributed by atoms with Crippen LogP contribution in [0.25, 0.3) is 77.2 Å². The van der Waals surface area contributed by atoms with Crippen molar-refractivity contribution in [2.75, 3.05) is 0 Å². The molecule has 2 aliphatic heterocycles. The zero-order chi connectivity index (χ0) is 47.3. The van der Waals surface area contributed by atoms with Gasteiger partial charge in [-0.2, -0.15) is 0 Å². The van der Waals surface area contributed by atoms with E-state index in [0.29, 0.717) is 0 Å². The molecule has 11 aromatic carbocycles. The maximum Gasteiger partial charge on any atom is 0.256 e. The van der Waals surface area contributed by atoms with Gasteiger partial charge in [0.2, 0.25) is 0 Å². The molecule has 0 fully saturated rings. The predicted octanol–water partition coefficient (Wildman–Crippen LogP) is 12.5. The number of hydrogen-bond acceptors (Lipinski definition) is 2. The van der Waals surface area contributed by atoms with Crippen molar-refractivity contribution in [3.8, 4) is 56.6 Å². The Morgan fingerprint density at radius 1 is 0.278 bits per heavy atom. The Bertz CT molecular complexity index is 4260. The first-order chi connectivity index (χ1) is 35.7. The van der Waals surface area contributed by atoms with Gasteiger partial charge in [-0.1, -0.05) is 205 Å². The van der Waals surface area contributed by atoms with Crippen LogP contribution in [0.2, 0.25) is 0 Å². The number of aromatic nitrogens is 2. The summed E-state index contributed by atoms with van der Waals surface area (Å²) in [6.45, 7) is -0.347. The van der Waals surface area contributed by atoms with Gasteiger partial charge >= 0.3 is 0 Å². The molecule has 0 spiro atoms. The standard InChI is InChI=1S/C66H42B2N2O2/c1-3-19-43(20-4-1)47-23-7-12-28-53(47)67-56-37-35-46(70-60-33-17-11-27-51(60)52-41-45(36-39-61(52)70)69-58-31-15-9-25-49(58)50-26-10-16-32-59(50)69)42-64(56)72-66-57(67)38-40-63-65(66)68(55-30-14-18-34-62(55)71-63)54-29-13-8-24-48(54)44-21-5-2-6-22-44/h1-42H. The summed E-state index contributed by atoms with van der Waals surface area (Å²) < 4.78 is 19.4. The van der Waals surface area contributed by atoms with E-state index in [2.05, 4.69) is 264 Å². The Labute approximate surface area is 417 Å². The third-order valence-corrected chi connectivity index (χ3v) is 15.2. The second kappa shape index (κ2) is 16.2. The third-order valence-electron chi connectivity index (χ3n) is 15.2. The Balaban J connectivity index is 0.960. The minimum Gasteiger partial charge on any atom is -0.459 e.